The highest BCUT2D eigenvalue weighted by Gasteiger charge is 2.39. The van der Waals surface area contributed by atoms with E-state index >= 15 is 0 Å². The lowest BCUT2D eigenvalue weighted by molar-refractivity contribution is -0.136. The minimum atomic E-state index is -0.648. The minimum Gasteiger partial charge on any atom is -0.360 e. The van der Waals surface area contributed by atoms with Crippen LogP contribution >= 0.6 is 0 Å². The van der Waals surface area contributed by atoms with E-state index < -0.39 is 11.9 Å². The summed E-state index contributed by atoms with van der Waals surface area (Å²) in [5.74, 6) is 6.77. The van der Waals surface area contributed by atoms with Crippen LogP contribution in [0.1, 0.15) is 52.9 Å². The quantitative estimate of drug-likeness (QED) is 0.506. The van der Waals surface area contributed by atoms with Crippen LogP contribution in [-0.2, 0) is 16.1 Å². The van der Waals surface area contributed by atoms with E-state index in [9.17, 15) is 19.2 Å². The van der Waals surface area contributed by atoms with Crippen molar-refractivity contribution in [2.24, 2.45) is 5.92 Å². The molecule has 10 heteroatoms. The van der Waals surface area contributed by atoms with Gasteiger partial charge in [-0.25, -0.2) is 4.79 Å². The molecule has 3 aliphatic rings. The lowest BCUT2D eigenvalue weighted by Gasteiger charge is -2.29. The molecule has 0 spiro atoms. The number of fused-ring (bicyclic) bond motifs is 1. The summed E-state index contributed by atoms with van der Waals surface area (Å²) in [6.45, 7) is 3.22. The predicted octanol–water partition coefficient (Wildman–Crippen LogP) is 2.04. The van der Waals surface area contributed by atoms with Gasteiger partial charge in [-0.3, -0.25) is 25.0 Å². The van der Waals surface area contributed by atoms with E-state index in [2.05, 4.69) is 27.6 Å². The van der Waals surface area contributed by atoms with Gasteiger partial charge in [-0.1, -0.05) is 23.1 Å². The van der Waals surface area contributed by atoms with E-state index in [-0.39, 0.29) is 30.2 Å². The first-order chi connectivity index (χ1) is 16.9. The van der Waals surface area contributed by atoms with Crippen molar-refractivity contribution in [2.45, 2.75) is 45.2 Å². The van der Waals surface area contributed by atoms with Gasteiger partial charge in [-0.2, -0.15) is 0 Å². The number of benzene rings is 1. The Morgan fingerprint density at radius 3 is 2.71 bits per heavy atom. The second kappa shape index (κ2) is 9.25. The van der Waals surface area contributed by atoms with Crippen molar-refractivity contribution in [1.82, 2.24) is 20.3 Å². The molecule has 10 nitrogen and oxygen atoms in total. The van der Waals surface area contributed by atoms with Gasteiger partial charge in [-0.15, -0.1) is 0 Å². The second-order valence-corrected chi connectivity index (χ2v) is 9.02. The van der Waals surface area contributed by atoms with Crippen molar-refractivity contribution < 1.29 is 23.7 Å². The molecule has 5 amide bonds. The first kappa shape index (κ1) is 22.7. The molecular formula is C25H25N5O5. The summed E-state index contributed by atoms with van der Waals surface area (Å²) in [4.78, 5) is 52.4. The summed E-state index contributed by atoms with van der Waals surface area (Å²) >= 11 is 0. The maximum absolute atomic E-state index is 13.0. The summed E-state index contributed by atoms with van der Waals surface area (Å²) < 4.78 is 4.97. The zero-order valence-electron chi connectivity index (χ0n) is 19.3. The average Bonchev–Trinajstić information content (AvgIpc) is 3.41. The molecule has 0 bridgehead atoms. The number of carbonyl (C=O) groups excluding carboxylic acids is 4. The molecule has 0 radical (unpaired) electrons. The van der Waals surface area contributed by atoms with Crippen molar-refractivity contribution in [3.63, 3.8) is 0 Å². The Balaban J connectivity index is 1.22. The second-order valence-electron chi connectivity index (χ2n) is 9.02. The van der Waals surface area contributed by atoms with Gasteiger partial charge < -0.3 is 14.3 Å². The molecule has 2 N–H and O–H groups in total. The monoisotopic (exact) mass is 475 g/mol. The highest BCUT2D eigenvalue weighted by Crippen LogP contribution is 2.29. The number of aryl methyl sites for hydroxylation is 1. The number of nitrogens with one attached hydrogen (secondary N) is 2. The van der Waals surface area contributed by atoms with Crippen molar-refractivity contribution in [3.8, 4) is 11.8 Å². The van der Waals surface area contributed by atoms with Crippen LogP contribution in [0.15, 0.2) is 28.8 Å². The molecule has 0 aliphatic carbocycles. The van der Waals surface area contributed by atoms with E-state index in [1.165, 1.54) is 4.90 Å². The molecule has 2 fully saturated rings. The molecule has 5 rings (SSSR count). The van der Waals surface area contributed by atoms with Crippen LogP contribution in [0.4, 0.5) is 10.6 Å². The first-order valence-corrected chi connectivity index (χ1v) is 11.7. The van der Waals surface area contributed by atoms with Crippen molar-refractivity contribution >= 4 is 29.6 Å². The number of amides is 5. The summed E-state index contributed by atoms with van der Waals surface area (Å²) in [5.41, 5.74) is 2.14. The van der Waals surface area contributed by atoms with Crippen LogP contribution < -0.4 is 10.6 Å². The van der Waals surface area contributed by atoms with Crippen molar-refractivity contribution in [2.75, 3.05) is 18.4 Å². The largest absolute Gasteiger partial charge is 0.360 e. The number of imide groups is 1. The number of nitrogens with zero attached hydrogens (tertiary/aromatic N) is 3. The van der Waals surface area contributed by atoms with Gasteiger partial charge in [0.1, 0.15) is 11.8 Å². The van der Waals surface area contributed by atoms with Crippen LogP contribution in [-0.4, -0.2) is 57.8 Å². The fraction of sp³-hybridized carbons (Fsp3) is 0.400. The SMILES string of the molecule is Cc1cc(NC(=O)N2CCC(C#Cc3cccc4c3CN(C3CCC(=O)NC3=O)C4=O)CC2)no1. The Bertz CT molecular complexity index is 1260. The standard InChI is InChI=1S/C25H25N5O5/c1-15-13-21(28-35-15)26-25(34)29-11-9-16(10-12-29)5-6-17-3-2-4-18-19(17)14-30(24(18)33)20-7-8-22(31)27-23(20)32/h2-4,13,16,20H,7-12,14H2,1H3,(H,26,28,34)(H,27,31,32). The Labute approximate surface area is 202 Å². The van der Waals surface area contributed by atoms with Crippen molar-refractivity contribution in [3.05, 3.63) is 46.7 Å². The summed E-state index contributed by atoms with van der Waals surface area (Å²) in [6.07, 6.45) is 2.04. The van der Waals surface area contributed by atoms with E-state index in [1.54, 1.807) is 30.0 Å². The normalized spacial score (nSPS) is 20.3. The number of aromatic nitrogens is 1. The zero-order chi connectivity index (χ0) is 24.5. The molecule has 1 aromatic heterocycles. The molecule has 1 atom stereocenters. The third-order valence-electron chi connectivity index (χ3n) is 6.64. The van der Waals surface area contributed by atoms with E-state index in [0.29, 0.717) is 43.2 Å². The molecule has 3 aliphatic heterocycles. The highest BCUT2D eigenvalue weighted by atomic mass is 16.5. The van der Waals surface area contributed by atoms with Gasteiger partial charge in [0.05, 0.1) is 0 Å². The number of piperidine rings is 2. The molecule has 0 saturated carbocycles. The van der Waals surface area contributed by atoms with Gasteiger partial charge >= 0.3 is 6.03 Å². The van der Waals surface area contributed by atoms with Crippen molar-refractivity contribution in [1.29, 1.82) is 0 Å². The van der Waals surface area contributed by atoms with E-state index in [0.717, 1.165) is 24.0 Å². The lowest BCUT2D eigenvalue weighted by atomic mass is 9.96. The summed E-state index contributed by atoms with van der Waals surface area (Å²) in [5, 5.41) is 8.84. The highest BCUT2D eigenvalue weighted by molar-refractivity contribution is 6.05. The van der Waals surface area contributed by atoms with Gasteiger partial charge in [0.25, 0.3) is 5.91 Å². The number of hydrogen-bond acceptors (Lipinski definition) is 6. The van der Waals surface area contributed by atoms with E-state index in [4.69, 9.17) is 4.52 Å². The maximum atomic E-state index is 13.0. The number of anilines is 1. The molecule has 1 aromatic carbocycles. The molecule has 4 heterocycles. The lowest BCUT2D eigenvalue weighted by Crippen LogP contribution is -2.52. The Hall–Kier alpha value is -4.13. The fourth-order valence-electron chi connectivity index (χ4n) is 4.72. The van der Waals surface area contributed by atoms with Gasteiger partial charge in [0, 0.05) is 49.2 Å². The first-order valence-electron chi connectivity index (χ1n) is 11.7. The molecule has 2 aromatic rings. The molecular weight excluding hydrogens is 450 g/mol. The summed E-state index contributed by atoms with van der Waals surface area (Å²) in [6, 6.07) is 6.24. The van der Waals surface area contributed by atoms with Crippen LogP contribution in [0, 0.1) is 24.7 Å². The minimum absolute atomic E-state index is 0.132. The number of rotatable bonds is 2. The van der Waals surface area contributed by atoms with Crippen LogP contribution in [0.2, 0.25) is 0 Å². The van der Waals surface area contributed by atoms with Crippen LogP contribution in [0.5, 0.6) is 0 Å². The number of likely N-dealkylation sites (tertiary alicyclic amines) is 1. The van der Waals surface area contributed by atoms with E-state index in [1.807, 2.05) is 6.07 Å². The predicted molar refractivity (Wildman–Crippen MR) is 124 cm³/mol. The third-order valence-corrected chi connectivity index (χ3v) is 6.64. The Morgan fingerprint density at radius 1 is 1.20 bits per heavy atom. The zero-order valence-corrected chi connectivity index (χ0v) is 19.3. The average molecular weight is 476 g/mol. The summed E-state index contributed by atoms with van der Waals surface area (Å²) in [7, 11) is 0. The van der Waals surface area contributed by atoms with Gasteiger partial charge in [-0.05, 0) is 43.9 Å². The fourth-order valence-corrected chi connectivity index (χ4v) is 4.72. The third kappa shape index (κ3) is 4.62. The topological polar surface area (TPSA) is 125 Å². The maximum Gasteiger partial charge on any atom is 0.323 e. The molecule has 2 saturated heterocycles. The molecule has 35 heavy (non-hydrogen) atoms. The molecule has 180 valence electrons. The Morgan fingerprint density at radius 2 is 2.00 bits per heavy atom. The van der Waals surface area contributed by atoms with Gasteiger partial charge in [0.15, 0.2) is 5.82 Å². The van der Waals surface area contributed by atoms with Crippen LogP contribution in [0.25, 0.3) is 0 Å². The number of hydrogen-bond donors (Lipinski definition) is 2. The van der Waals surface area contributed by atoms with Gasteiger partial charge in [0.2, 0.25) is 11.8 Å². The van der Waals surface area contributed by atoms with Crippen LogP contribution in [0.3, 0.4) is 0 Å². The Kier molecular flexibility index (Phi) is 5.99. The smallest absolute Gasteiger partial charge is 0.323 e. The number of urea groups is 1. The number of carbonyl (C=O) groups is 4. The molecule has 1 unspecified atom stereocenters.